The number of phenolic OH excluding ortho intramolecular Hbond substituents is 1. The first kappa shape index (κ1) is 7.78. The van der Waals surface area contributed by atoms with E-state index in [0.717, 1.165) is 11.6 Å². The predicted molar refractivity (Wildman–Crippen MR) is 45.8 cm³/mol. The van der Waals surface area contributed by atoms with Gasteiger partial charge in [-0.25, -0.2) is 4.39 Å². The topological polar surface area (TPSA) is 20.2 Å². The molecule has 0 aliphatic carbocycles. The number of hydrogen-bond acceptors (Lipinski definition) is 1. The van der Waals surface area contributed by atoms with E-state index in [1.165, 1.54) is 6.07 Å². The largest absolute Gasteiger partial charge is 0.508 e. The molecule has 0 saturated carbocycles. The van der Waals surface area contributed by atoms with E-state index in [0.29, 0.717) is 4.43 Å². The first-order valence-corrected chi connectivity index (χ1v) is 4.30. The Morgan fingerprint density at radius 1 is 1.50 bits per heavy atom. The Morgan fingerprint density at radius 3 is 2.70 bits per heavy atom. The van der Waals surface area contributed by atoms with Gasteiger partial charge < -0.3 is 5.11 Å². The van der Waals surface area contributed by atoms with Crippen molar-refractivity contribution < 1.29 is 9.50 Å². The number of aromatic hydroxyl groups is 1. The van der Waals surface area contributed by atoms with Crippen LogP contribution in [0.3, 0.4) is 0 Å². The molecule has 0 amide bonds. The zero-order chi connectivity index (χ0) is 7.56. The molecule has 0 aliphatic heterocycles. The summed E-state index contributed by atoms with van der Waals surface area (Å²) in [6.07, 6.45) is 0. The average molecular weight is 252 g/mol. The van der Waals surface area contributed by atoms with Gasteiger partial charge in [-0.3, -0.25) is 0 Å². The summed E-state index contributed by atoms with van der Waals surface area (Å²) in [5.74, 6) is -0.361. The molecule has 0 fully saturated rings. The van der Waals surface area contributed by atoms with E-state index in [4.69, 9.17) is 5.11 Å². The molecule has 0 heterocycles. The highest BCUT2D eigenvalue weighted by Crippen LogP contribution is 2.20. The molecule has 1 aromatic carbocycles. The van der Waals surface area contributed by atoms with Gasteiger partial charge in [0.2, 0.25) is 0 Å². The van der Waals surface area contributed by atoms with Gasteiger partial charge in [0.05, 0.1) is 0 Å². The van der Waals surface area contributed by atoms with Crippen LogP contribution in [0.4, 0.5) is 4.39 Å². The van der Waals surface area contributed by atoms with Crippen LogP contribution in [0.2, 0.25) is 0 Å². The van der Waals surface area contributed by atoms with E-state index in [2.05, 4.69) is 22.6 Å². The zero-order valence-electron chi connectivity index (χ0n) is 5.14. The SMILES string of the molecule is Oc1cc(F)ccc1CI. The van der Waals surface area contributed by atoms with E-state index in [9.17, 15) is 4.39 Å². The summed E-state index contributed by atoms with van der Waals surface area (Å²) < 4.78 is 13.0. The van der Waals surface area contributed by atoms with Gasteiger partial charge in [-0.1, -0.05) is 28.7 Å². The quantitative estimate of drug-likeness (QED) is 0.601. The maximum atomic E-state index is 12.3. The Labute approximate surface area is 72.0 Å². The number of halogens is 2. The molecule has 1 N–H and O–H groups in total. The molecule has 1 aromatic rings. The third kappa shape index (κ3) is 1.59. The Bertz CT molecular complexity index is 237. The highest BCUT2D eigenvalue weighted by Gasteiger charge is 1.98. The second-order valence-corrected chi connectivity index (χ2v) is 2.67. The summed E-state index contributed by atoms with van der Waals surface area (Å²) in [5.41, 5.74) is 0.766. The van der Waals surface area contributed by atoms with Crippen molar-refractivity contribution in [3.63, 3.8) is 0 Å². The van der Waals surface area contributed by atoms with Crippen molar-refractivity contribution in [3.8, 4) is 5.75 Å². The van der Waals surface area contributed by atoms with Gasteiger partial charge in [-0.05, 0) is 6.07 Å². The molecule has 54 valence electrons. The van der Waals surface area contributed by atoms with Crippen LogP contribution in [0.25, 0.3) is 0 Å². The molecule has 10 heavy (non-hydrogen) atoms. The average Bonchev–Trinajstić information content (AvgIpc) is 1.88. The van der Waals surface area contributed by atoms with Crippen LogP contribution in [-0.4, -0.2) is 5.11 Å². The molecule has 0 bridgehead atoms. The third-order valence-corrected chi connectivity index (χ3v) is 2.01. The maximum absolute atomic E-state index is 12.3. The summed E-state index contributed by atoms with van der Waals surface area (Å²) in [4.78, 5) is 0. The molecule has 0 atom stereocenters. The van der Waals surface area contributed by atoms with Crippen molar-refractivity contribution >= 4 is 22.6 Å². The van der Waals surface area contributed by atoms with Gasteiger partial charge in [0.15, 0.2) is 0 Å². The van der Waals surface area contributed by atoms with Crippen molar-refractivity contribution in [2.75, 3.05) is 0 Å². The van der Waals surface area contributed by atoms with E-state index in [-0.39, 0.29) is 5.75 Å². The standard InChI is InChI=1S/C7H6FIO/c8-6-2-1-5(4-9)7(10)3-6/h1-3,10H,4H2. The minimum atomic E-state index is -0.397. The van der Waals surface area contributed by atoms with E-state index in [1.807, 2.05) is 0 Å². The molecule has 0 saturated heterocycles. The van der Waals surface area contributed by atoms with Crippen molar-refractivity contribution in [2.24, 2.45) is 0 Å². The molecule has 0 unspecified atom stereocenters. The van der Waals surface area contributed by atoms with E-state index >= 15 is 0 Å². The number of alkyl halides is 1. The Hall–Kier alpha value is -0.320. The highest BCUT2D eigenvalue weighted by atomic mass is 127. The van der Waals surface area contributed by atoms with Gasteiger partial charge in [-0.15, -0.1) is 0 Å². The molecular formula is C7H6FIO. The fourth-order valence-corrected chi connectivity index (χ4v) is 1.30. The molecule has 1 rings (SSSR count). The van der Waals surface area contributed by atoms with Crippen LogP contribution in [0.15, 0.2) is 18.2 Å². The minimum Gasteiger partial charge on any atom is -0.508 e. The minimum absolute atomic E-state index is 0.0365. The third-order valence-electron chi connectivity index (χ3n) is 1.19. The monoisotopic (exact) mass is 252 g/mol. The molecule has 0 spiro atoms. The second kappa shape index (κ2) is 3.18. The molecule has 0 aromatic heterocycles. The first-order valence-electron chi connectivity index (χ1n) is 2.77. The fourth-order valence-electron chi connectivity index (χ4n) is 0.650. The van der Waals surface area contributed by atoms with Crippen LogP contribution in [0.5, 0.6) is 5.75 Å². The zero-order valence-corrected chi connectivity index (χ0v) is 7.30. The number of phenols is 1. The first-order chi connectivity index (χ1) is 4.74. The van der Waals surface area contributed by atoms with Crippen molar-refractivity contribution in [2.45, 2.75) is 4.43 Å². The summed E-state index contributed by atoms with van der Waals surface area (Å²) >= 11 is 2.11. The smallest absolute Gasteiger partial charge is 0.126 e. The second-order valence-electron chi connectivity index (χ2n) is 1.91. The van der Waals surface area contributed by atoms with Crippen molar-refractivity contribution in [1.29, 1.82) is 0 Å². The number of hydrogen-bond donors (Lipinski definition) is 1. The summed E-state index contributed by atoms with van der Waals surface area (Å²) in [5, 5.41) is 9.05. The van der Waals surface area contributed by atoms with Crippen LogP contribution >= 0.6 is 22.6 Å². The molecule has 0 radical (unpaired) electrons. The van der Waals surface area contributed by atoms with Crippen molar-refractivity contribution in [3.05, 3.63) is 29.6 Å². The van der Waals surface area contributed by atoms with Crippen molar-refractivity contribution in [1.82, 2.24) is 0 Å². The van der Waals surface area contributed by atoms with Gasteiger partial charge in [0, 0.05) is 16.1 Å². The van der Waals surface area contributed by atoms with Gasteiger partial charge in [-0.2, -0.15) is 0 Å². The van der Waals surface area contributed by atoms with Crippen LogP contribution in [0, 0.1) is 5.82 Å². The van der Waals surface area contributed by atoms with E-state index < -0.39 is 5.82 Å². The number of benzene rings is 1. The predicted octanol–water partition coefficient (Wildman–Crippen LogP) is 2.47. The molecule has 3 heteroatoms. The lowest BCUT2D eigenvalue weighted by Gasteiger charge is -1.98. The van der Waals surface area contributed by atoms with Crippen LogP contribution in [-0.2, 0) is 4.43 Å². The van der Waals surface area contributed by atoms with Gasteiger partial charge in [0.1, 0.15) is 11.6 Å². The van der Waals surface area contributed by atoms with Gasteiger partial charge >= 0.3 is 0 Å². The Balaban J connectivity index is 3.07. The van der Waals surface area contributed by atoms with Crippen LogP contribution < -0.4 is 0 Å². The number of rotatable bonds is 1. The van der Waals surface area contributed by atoms with Crippen LogP contribution in [0.1, 0.15) is 5.56 Å². The molecule has 0 aliphatic rings. The normalized spacial score (nSPS) is 9.80. The Morgan fingerprint density at radius 2 is 2.20 bits per heavy atom. The lowest BCUT2D eigenvalue weighted by molar-refractivity contribution is 0.464. The fraction of sp³-hybridized carbons (Fsp3) is 0.143. The van der Waals surface area contributed by atoms with E-state index in [1.54, 1.807) is 6.07 Å². The molecular weight excluding hydrogens is 246 g/mol. The van der Waals surface area contributed by atoms with Gasteiger partial charge in [0.25, 0.3) is 0 Å². The summed E-state index contributed by atoms with van der Waals surface area (Å²) in [6, 6.07) is 4.04. The molecule has 1 nitrogen and oxygen atoms in total. The highest BCUT2D eigenvalue weighted by molar-refractivity contribution is 14.1. The lowest BCUT2D eigenvalue weighted by Crippen LogP contribution is -1.79. The summed E-state index contributed by atoms with van der Waals surface area (Å²) in [7, 11) is 0. The maximum Gasteiger partial charge on any atom is 0.126 e. The summed E-state index contributed by atoms with van der Waals surface area (Å²) in [6.45, 7) is 0. The Kier molecular flexibility index (Phi) is 2.48. The lowest BCUT2D eigenvalue weighted by atomic mass is 10.2.